The van der Waals surface area contributed by atoms with Gasteiger partial charge in [-0.2, -0.15) is 0 Å². The minimum atomic E-state index is -1.97. The fraction of sp³-hybridized carbons (Fsp3) is 0.552. The monoisotopic (exact) mass is 1080 g/mol. The lowest BCUT2D eigenvalue weighted by atomic mass is 9.83. The number of aliphatic hydroxyl groups excluding tert-OH is 1. The molecule has 5 atom stereocenters. The highest BCUT2D eigenvalue weighted by atomic mass is 32.1. The topological polar surface area (TPSA) is 228 Å². The van der Waals surface area contributed by atoms with Crippen LogP contribution >= 0.6 is 11.3 Å². The van der Waals surface area contributed by atoms with E-state index in [2.05, 4.69) is 52.9 Å². The molecule has 0 spiro atoms. The van der Waals surface area contributed by atoms with Crippen LogP contribution in [0.5, 0.6) is 11.5 Å². The van der Waals surface area contributed by atoms with E-state index in [4.69, 9.17) is 20.4 Å². The molecule has 20 heteroatoms. The van der Waals surface area contributed by atoms with Crippen LogP contribution in [-0.2, 0) is 20.9 Å². The predicted molar refractivity (Wildman–Crippen MR) is 297 cm³/mol. The van der Waals surface area contributed by atoms with Gasteiger partial charge in [0.15, 0.2) is 11.5 Å². The van der Waals surface area contributed by atoms with Crippen molar-refractivity contribution in [2.75, 3.05) is 54.9 Å². The second-order valence-electron chi connectivity index (χ2n) is 23.8. The molecule has 18 nitrogen and oxygen atoms in total. The number of nitrogens with zero attached hydrogens (tertiary/aromatic N) is 9. The number of halogens is 1. The number of aromatic nitrogens is 5. The van der Waals surface area contributed by atoms with Crippen molar-refractivity contribution in [3.63, 3.8) is 0 Å². The van der Waals surface area contributed by atoms with Crippen LogP contribution in [0.25, 0.3) is 21.7 Å². The Kier molecular flexibility index (Phi) is 15.1. The molecule has 6 aliphatic rings. The summed E-state index contributed by atoms with van der Waals surface area (Å²) in [7, 11) is 0. The minimum Gasteiger partial charge on any atom is -0.507 e. The summed E-state index contributed by atoms with van der Waals surface area (Å²) in [6.07, 6.45) is 12.0. The molecule has 414 valence electrons. The molecule has 4 saturated heterocycles. The van der Waals surface area contributed by atoms with Crippen molar-refractivity contribution < 1.29 is 33.7 Å². The van der Waals surface area contributed by atoms with E-state index in [9.17, 15) is 29.0 Å². The number of benzene rings is 2. The second-order valence-corrected chi connectivity index (χ2v) is 24.6. The molecule has 2 bridgehead atoms. The number of carbonyl (C=O) groups is 3. The highest BCUT2D eigenvalue weighted by Crippen LogP contribution is 2.42. The number of ether oxygens (including phenoxy) is 1. The molecule has 4 aliphatic heterocycles. The highest BCUT2D eigenvalue weighted by molar-refractivity contribution is 7.13. The molecule has 2 aliphatic carbocycles. The first-order valence-electron chi connectivity index (χ1n) is 27.9. The molecule has 7 heterocycles. The molecule has 2 unspecified atom stereocenters. The number of nitrogens with one attached hydrogen (secondary N) is 2. The summed E-state index contributed by atoms with van der Waals surface area (Å²) in [5.41, 5.74) is 11.4. The molecule has 3 amide bonds. The Bertz CT molecular complexity index is 2980. The van der Waals surface area contributed by atoms with Gasteiger partial charge in [-0.1, -0.05) is 45.0 Å². The van der Waals surface area contributed by atoms with Crippen molar-refractivity contribution >= 4 is 46.5 Å². The summed E-state index contributed by atoms with van der Waals surface area (Å²) in [5.74, 6) is 1.03. The van der Waals surface area contributed by atoms with Crippen LogP contribution in [0.1, 0.15) is 114 Å². The molecule has 6 fully saturated rings. The lowest BCUT2D eigenvalue weighted by Crippen LogP contribution is -2.59. The van der Waals surface area contributed by atoms with Crippen molar-refractivity contribution in [1.82, 2.24) is 45.6 Å². The van der Waals surface area contributed by atoms with Crippen LogP contribution in [0.2, 0.25) is 0 Å². The number of aromatic hydroxyl groups is 1. The lowest BCUT2D eigenvalue weighted by molar-refractivity contribution is -0.145. The zero-order chi connectivity index (χ0) is 54.5. The largest absolute Gasteiger partial charge is 0.507 e. The average Bonchev–Trinajstić information content (AvgIpc) is 3.83. The number of phenols is 1. The first kappa shape index (κ1) is 53.5. The normalized spacial score (nSPS) is 24.7. The maximum atomic E-state index is 14.7. The number of piperazine rings is 1. The fourth-order valence-corrected chi connectivity index (χ4v) is 13.4. The van der Waals surface area contributed by atoms with E-state index in [1.807, 2.05) is 48.8 Å². The summed E-state index contributed by atoms with van der Waals surface area (Å²) < 4.78 is 21.4. The number of thiazole rings is 1. The van der Waals surface area contributed by atoms with E-state index in [0.717, 1.165) is 111 Å². The number of hydrogen-bond donors (Lipinski definition) is 5. The number of alkyl halides is 1. The molecule has 0 radical (unpaired) electrons. The number of nitrogens with two attached hydrogens (primary N) is 1. The first-order chi connectivity index (χ1) is 37.5. The number of para-hydroxylation sites is 1. The van der Waals surface area contributed by atoms with Crippen LogP contribution in [0, 0.1) is 18.3 Å². The van der Waals surface area contributed by atoms with Gasteiger partial charge in [0.2, 0.25) is 17.8 Å². The molecular formula is C58H73FN12O6S. The number of nitrogen functional groups attached to an aromatic ring is 1. The number of likely N-dealkylation sites (tertiary alicyclic amines) is 2. The number of amides is 3. The summed E-state index contributed by atoms with van der Waals surface area (Å²) in [6.45, 7) is 11.6. The van der Waals surface area contributed by atoms with Gasteiger partial charge >= 0.3 is 0 Å². The first-order valence-corrected chi connectivity index (χ1v) is 28.8. The third-order valence-corrected chi connectivity index (χ3v) is 18.4. The maximum Gasteiger partial charge on any atom is 0.258 e. The smallest absolute Gasteiger partial charge is 0.258 e. The van der Waals surface area contributed by atoms with Crippen molar-refractivity contribution in [2.24, 2.45) is 11.3 Å². The van der Waals surface area contributed by atoms with Gasteiger partial charge in [-0.05, 0) is 137 Å². The molecule has 2 saturated carbocycles. The van der Waals surface area contributed by atoms with Crippen molar-refractivity contribution in [3.8, 4) is 33.2 Å². The Morgan fingerprint density at radius 3 is 2.28 bits per heavy atom. The molecule has 5 aromatic rings. The molecule has 3 aromatic heterocycles. The quantitative estimate of drug-likeness (QED) is 0.0716. The summed E-state index contributed by atoms with van der Waals surface area (Å²) in [5, 5.41) is 35.4. The van der Waals surface area contributed by atoms with Crippen LogP contribution in [-0.4, -0.2) is 144 Å². The molecule has 6 N–H and O–H groups in total. The van der Waals surface area contributed by atoms with E-state index in [1.54, 1.807) is 44.2 Å². The zero-order valence-corrected chi connectivity index (χ0v) is 45.9. The third kappa shape index (κ3) is 11.2. The summed E-state index contributed by atoms with van der Waals surface area (Å²) in [6, 6.07) is 14.0. The maximum absolute atomic E-state index is 14.7. The Balaban J connectivity index is 0.666. The van der Waals surface area contributed by atoms with E-state index < -0.39 is 47.0 Å². The van der Waals surface area contributed by atoms with Crippen LogP contribution in [0.3, 0.4) is 0 Å². The molecule has 2 aromatic carbocycles. The van der Waals surface area contributed by atoms with Gasteiger partial charge in [-0.3, -0.25) is 14.4 Å². The van der Waals surface area contributed by atoms with Gasteiger partial charge in [0.1, 0.15) is 23.6 Å². The Morgan fingerprint density at radius 1 is 0.910 bits per heavy atom. The minimum absolute atomic E-state index is 0.0447. The summed E-state index contributed by atoms with van der Waals surface area (Å²) >= 11 is 1.56. The Labute approximate surface area is 459 Å². The zero-order valence-electron chi connectivity index (χ0n) is 45.1. The SMILES string of the molecule is Cc1ncsc1-c1ccc(CNC(=O)[C@@H]2C[C@@H](O)CN2C(=O)[C@@H](NC(=O)C2(F)CC2)C(C)(C)C)c(OCC2CCC(N3CCC(c4cnc(N5C6CCC5CN(c5cc(-c7ccccc7O)nnc5N)C6)nc4)CC3)CC2)c1. The summed E-state index contributed by atoms with van der Waals surface area (Å²) in [4.78, 5) is 65.0. The highest BCUT2D eigenvalue weighted by Gasteiger charge is 2.53. The number of carbonyl (C=O) groups excluding carboxylic acids is 3. The van der Waals surface area contributed by atoms with E-state index in [1.165, 1.54) is 10.5 Å². The van der Waals surface area contributed by atoms with Gasteiger partial charge in [-0.25, -0.2) is 19.3 Å². The van der Waals surface area contributed by atoms with Gasteiger partial charge in [0, 0.05) is 74.2 Å². The van der Waals surface area contributed by atoms with Gasteiger partial charge < -0.3 is 50.9 Å². The number of fused-ring (bicyclic) bond motifs is 2. The van der Waals surface area contributed by atoms with Crippen molar-refractivity contribution in [3.05, 3.63) is 83.3 Å². The number of phenolic OH excluding ortho intramolecular Hbond substituents is 1. The predicted octanol–water partition coefficient (Wildman–Crippen LogP) is 6.94. The second kappa shape index (κ2) is 22.0. The number of aryl methyl sites for hydroxylation is 1. The number of piperidine rings is 1. The van der Waals surface area contributed by atoms with Crippen LogP contribution in [0.15, 0.2) is 66.4 Å². The number of rotatable bonds is 15. The van der Waals surface area contributed by atoms with E-state index >= 15 is 0 Å². The molecule has 11 rings (SSSR count). The lowest BCUT2D eigenvalue weighted by Gasteiger charge is -2.42. The standard InChI is InChI=1S/C58H73FN12O6S/c1-34-50(78-33-64-34)37-11-12-38(26-61-53(74)47-24-43(72)31-70(47)54(75)51(57(2,3)4)65-55(76)58(59)19-20-58)49(23-37)77-32-35-9-13-40(14-10-35)68-21-17-36(18-22-68)39-27-62-56(63-28-39)71-41-15-16-42(71)30-69(29-41)46-25-45(66-67-52(46)60)44-7-5-6-8-48(44)73/h5-8,11-12,23,25,27-28,33,35-36,40-43,47,51,72-73H,9-10,13-22,24,26,29-32H2,1-4H3,(H2,60,67)(H,61,74)(H,65,76)/t35?,40?,41?,42?,43-,47+,51-/m1/s1. The number of hydrogen-bond acceptors (Lipinski definition) is 16. The van der Waals surface area contributed by atoms with Gasteiger partial charge in [0.25, 0.3) is 5.91 Å². The van der Waals surface area contributed by atoms with Crippen molar-refractivity contribution in [1.29, 1.82) is 0 Å². The van der Waals surface area contributed by atoms with Crippen molar-refractivity contribution in [2.45, 2.75) is 153 Å². The fourth-order valence-electron chi connectivity index (χ4n) is 12.6. The number of aliphatic hydroxyl groups is 1. The average molecular weight is 1090 g/mol. The third-order valence-electron chi connectivity index (χ3n) is 17.4. The van der Waals surface area contributed by atoms with Crippen LogP contribution < -0.4 is 30.9 Å². The molecule has 78 heavy (non-hydrogen) atoms. The molecular weight excluding hydrogens is 1010 g/mol. The number of anilines is 3. The van der Waals surface area contributed by atoms with E-state index in [-0.39, 0.29) is 50.2 Å². The number of β-amino-alcohol motifs (C(OH)–C–C–N with tert-alkyl or cyclic N) is 1. The van der Waals surface area contributed by atoms with Crippen LogP contribution in [0.4, 0.5) is 21.8 Å². The van der Waals surface area contributed by atoms with E-state index in [0.29, 0.717) is 47.3 Å². The van der Waals surface area contributed by atoms with Gasteiger partial charge in [0.05, 0.1) is 40.2 Å². The Hall–Kier alpha value is -6.51. The Morgan fingerprint density at radius 2 is 1.62 bits per heavy atom. The van der Waals surface area contributed by atoms with Gasteiger partial charge in [-0.15, -0.1) is 21.5 Å².